The van der Waals surface area contributed by atoms with Crippen LogP contribution in [0.1, 0.15) is 139 Å². The van der Waals surface area contributed by atoms with E-state index in [1.54, 1.807) is 204 Å². The van der Waals surface area contributed by atoms with Gasteiger partial charge in [0, 0.05) is 91.9 Å². The zero-order chi connectivity index (χ0) is 80.1. The summed E-state index contributed by atoms with van der Waals surface area (Å²) in [5.74, 6) is 1.44. The minimum absolute atomic E-state index is 0.196. The van der Waals surface area contributed by atoms with E-state index in [2.05, 4.69) is 27.7 Å². The monoisotopic (exact) mass is 1520 g/mol. The lowest BCUT2D eigenvalue weighted by Gasteiger charge is -2.43. The first kappa shape index (κ1) is 75.0. The van der Waals surface area contributed by atoms with Crippen LogP contribution in [0.15, 0.2) is 279 Å². The molecule has 12 aromatic rings. The number of carbonyl (C=O) groups excluding carboxylic acids is 8. The number of aryl methyl sites for hydroxylation is 2. The normalized spacial score (nSPS) is 15.7. The molecule has 12 aromatic carbocycles. The van der Waals surface area contributed by atoms with Crippen molar-refractivity contribution in [1.82, 2.24) is 0 Å². The standard InChI is InChI=1S/C48H40N2O8.C46H36N2O8/c1-29-27-32(15-25-42(29)56-31(3)51)47(4,5)33-16-26-43(30(2)28-33)58-46(54)57-37-23-19-35(20-24-37)50-45(53)39-12-8-10-14-41(39)48(50)40-13-9-7-11-38(40)44(52)49(48)34-17-21-36(55-6)22-18-34;1-29(49)54-35-21-13-30(14-22-35)45(2,3)31-15-23-36(24-16-31)55-44(52)56-37-27-19-33(20-28-37)48-43(51)39-10-6-8-12-41(39)46(48)40-11-7-5-9-38(40)42(50)47(46)32-17-25-34(53-4)26-18-32/h7-28H,1-6H3;5-28H,1-4H3. The molecule has 0 saturated heterocycles. The van der Waals surface area contributed by atoms with Gasteiger partial charge in [-0.25, -0.2) is 9.59 Å². The first-order valence-electron chi connectivity index (χ1n) is 36.7. The van der Waals surface area contributed by atoms with Gasteiger partial charge in [0.05, 0.1) is 14.2 Å². The first-order chi connectivity index (χ1) is 54.9. The van der Waals surface area contributed by atoms with Gasteiger partial charge in [-0.05, 0) is 205 Å². The Morgan fingerprint density at radius 1 is 0.289 bits per heavy atom. The van der Waals surface area contributed by atoms with Gasteiger partial charge in [0.1, 0.15) is 46.0 Å². The van der Waals surface area contributed by atoms with E-state index in [-0.39, 0.29) is 47.1 Å². The van der Waals surface area contributed by atoms with Gasteiger partial charge in [0.2, 0.25) is 0 Å². The topological polar surface area (TPSA) is 223 Å². The second-order valence-electron chi connectivity index (χ2n) is 28.8. The molecule has 2 unspecified atom stereocenters. The number of rotatable bonds is 16. The number of methoxy groups -OCH3 is 2. The van der Waals surface area contributed by atoms with E-state index in [0.29, 0.717) is 102 Å². The number of anilines is 4. The number of amides is 4. The molecule has 4 heterocycles. The summed E-state index contributed by atoms with van der Waals surface area (Å²) >= 11 is 0. The number of hydrogen-bond donors (Lipinski definition) is 0. The number of hydrogen-bond acceptors (Lipinski definition) is 16. The number of carbonyl (C=O) groups is 8. The van der Waals surface area contributed by atoms with E-state index >= 15 is 0 Å². The fourth-order valence-electron chi connectivity index (χ4n) is 15.7. The van der Waals surface area contributed by atoms with Crippen molar-refractivity contribution in [2.45, 2.75) is 77.5 Å². The summed E-state index contributed by atoms with van der Waals surface area (Å²) in [6, 6.07) is 82.5. The van der Waals surface area contributed by atoms with Gasteiger partial charge in [-0.15, -0.1) is 0 Å². The van der Waals surface area contributed by atoms with E-state index in [1.165, 1.54) is 13.8 Å². The quantitative estimate of drug-likeness (QED) is 0.0498. The fraction of sp³-hybridized carbons (Fsp3) is 0.149. The second kappa shape index (κ2) is 29.8. The highest BCUT2D eigenvalue weighted by Crippen LogP contribution is 2.58. The molecule has 0 aliphatic carbocycles. The van der Waals surface area contributed by atoms with Crippen LogP contribution in [0.5, 0.6) is 46.0 Å². The molecule has 20 nitrogen and oxygen atoms in total. The van der Waals surface area contributed by atoms with Gasteiger partial charge >= 0.3 is 24.2 Å². The lowest BCUT2D eigenvalue weighted by Crippen LogP contribution is -2.56. The fourth-order valence-corrected chi connectivity index (χ4v) is 15.7. The Kier molecular flexibility index (Phi) is 19.6. The summed E-state index contributed by atoms with van der Waals surface area (Å²) in [7, 11) is 3.15. The van der Waals surface area contributed by atoms with Crippen molar-refractivity contribution in [2.24, 2.45) is 0 Å². The van der Waals surface area contributed by atoms with E-state index in [9.17, 15) is 38.4 Å². The largest absolute Gasteiger partial charge is 0.519 e. The third kappa shape index (κ3) is 13.1. The van der Waals surface area contributed by atoms with E-state index in [4.69, 9.17) is 37.9 Å². The highest BCUT2D eigenvalue weighted by Gasteiger charge is 2.64. The molecular weight excluding hydrogens is 1440 g/mol. The van der Waals surface area contributed by atoms with Crippen LogP contribution in [0, 0.1) is 13.8 Å². The van der Waals surface area contributed by atoms with Crippen LogP contribution in [0.3, 0.4) is 0 Å². The second-order valence-corrected chi connectivity index (χ2v) is 28.8. The lowest BCUT2D eigenvalue weighted by molar-refractivity contribution is -0.132. The molecule has 2 spiro atoms. The van der Waals surface area contributed by atoms with Crippen molar-refractivity contribution in [2.75, 3.05) is 33.8 Å². The average Bonchev–Trinajstić information content (AvgIpc) is 1.52. The first-order valence-corrected chi connectivity index (χ1v) is 36.7. The van der Waals surface area contributed by atoms with Crippen molar-refractivity contribution in [3.8, 4) is 46.0 Å². The van der Waals surface area contributed by atoms with Gasteiger partial charge in [0.15, 0.2) is 11.3 Å². The van der Waals surface area contributed by atoms with Gasteiger partial charge in [-0.3, -0.25) is 48.4 Å². The summed E-state index contributed by atoms with van der Waals surface area (Å²) in [6.07, 6.45) is -1.87. The number of fused-ring (bicyclic) bond motifs is 8. The Morgan fingerprint density at radius 3 is 0.825 bits per heavy atom. The summed E-state index contributed by atoms with van der Waals surface area (Å²) in [5, 5.41) is 0. The molecule has 0 bridgehead atoms. The third-order valence-electron chi connectivity index (χ3n) is 21.3. The van der Waals surface area contributed by atoms with Crippen molar-refractivity contribution in [3.63, 3.8) is 0 Å². The van der Waals surface area contributed by atoms with Crippen molar-refractivity contribution in [3.05, 3.63) is 357 Å². The van der Waals surface area contributed by atoms with E-state index < -0.39 is 34.5 Å². The summed E-state index contributed by atoms with van der Waals surface area (Å²) in [6.45, 7) is 14.8. The molecule has 20 heteroatoms. The van der Waals surface area contributed by atoms with Crippen LogP contribution in [-0.4, -0.2) is 62.1 Å². The molecule has 114 heavy (non-hydrogen) atoms. The molecule has 2 atom stereocenters. The van der Waals surface area contributed by atoms with Gasteiger partial charge in [-0.2, -0.15) is 0 Å². The van der Waals surface area contributed by atoms with Crippen LogP contribution < -0.4 is 57.5 Å². The lowest BCUT2D eigenvalue weighted by atomic mass is 9.77. The Bertz CT molecular complexity index is 5820. The summed E-state index contributed by atoms with van der Waals surface area (Å²) < 4.78 is 43.6. The molecule has 568 valence electrons. The van der Waals surface area contributed by atoms with Crippen LogP contribution in [-0.2, 0) is 31.7 Å². The molecule has 4 aliphatic rings. The van der Waals surface area contributed by atoms with E-state index in [1.807, 2.05) is 123 Å². The third-order valence-corrected chi connectivity index (χ3v) is 21.3. The van der Waals surface area contributed by atoms with Crippen LogP contribution in [0.4, 0.5) is 32.3 Å². The van der Waals surface area contributed by atoms with Gasteiger partial charge in [-0.1, -0.05) is 149 Å². The zero-order valence-electron chi connectivity index (χ0n) is 63.9. The molecule has 0 radical (unpaired) electrons. The maximum absolute atomic E-state index is 14.5. The summed E-state index contributed by atoms with van der Waals surface area (Å²) in [4.78, 5) is 113. The maximum atomic E-state index is 14.5. The number of benzene rings is 12. The SMILES string of the molecule is COc1ccc(N2C(=O)c3ccccc3C23c2ccccc2C(=O)N3c2ccc(OC(=O)Oc3ccc(C(C)(C)c4ccc(OC(C)=O)c(C)c4)cc3C)cc2)cc1.COc1ccc(N2C(=O)c3ccccc3C23c2ccccc2C(=O)N3c2ccc(OC(=O)Oc3ccc(C(C)(C)c4ccc(OC(C)=O)cc4)cc3)cc2)cc1. The predicted molar refractivity (Wildman–Crippen MR) is 429 cm³/mol. The Morgan fingerprint density at radius 2 is 0.535 bits per heavy atom. The maximum Gasteiger partial charge on any atom is 0.519 e. The van der Waals surface area contributed by atoms with Crippen LogP contribution >= 0.6 is 0 Å². The molecule has 0 aromatic heterocycles. The molecular formula is C94H76N4O16. The molecule has 0 saturated carbocycles. The Hall–Kier alpha value is -14.4. The smallest absolute Gasteiger partial charge is 0.497 e. The molecule has 0 N–H and O–H groups in total. The minimum atomic E-state index is -1.36. The zero-order valence-corrected chi connectivity index (χ0v) is 63.9. The van der Waals surface area contributed by atoms with Gasteiger partial charge < -0.3 is 37.9 Å². The molecule has 0 fully saturated rings. The molecule has 4 aliphatic heterocycles. The minimum Gasteiger partial charge on any atom is -0.497 e. The number of esters is 2. The highest BCUT2D eigenvalue weighted by atomic mass is 16.7. The highest BCUT2D eigenvalue weighted by molar-refractivity contribution is 6.23. The Labute approximate surface area is 657 Å². The van der Waals surface area contributed by atoms with Gasteiger partial charge in [0.25, 0.3) is 23.6 Å². The van der Waals surface area contributed by atoms with Crippen molar-refractivity contribution >= 4 is 70.6 Å². The summed E-state index contributed by atoms with van der Waals surface area (Å²) in [5.41, 5.74) is 8.71. The van der Waals surface area contributed by atoms with Crippen LogP contribution in [0.25, 0.3) is 0 Å². The Balaban J connectivity index is 0.000000180. The molecule has 4 amide bonds. The number of ether oxygens (including phenoxy) is 8. The number of nitrogens with zero attached hydrogens (tertiary/aromatic N) is 4. The van der Waals surface area contributed by atoms with Crippen molar-refractivity contribution in [1.29, 1.82) is 0 Å². The molecule has 16 rings (SSSR count). The average molecular weight is 1520 g/mol. The van der Waals surface area contributed by atoms with E-state index in [0.717, 1.165) is 33.4 Å². The van der Waals surface area contributed by atoms with Crippen molar-refractivity contribution < 1.29 is 76.3 Å². The predicted octanol–water partition coefficient (Wildman–Crippen LogP) is 18.7. The van der Waals surface area contributed by atoms with Crippen LogP contribution in [0.2, 0.25) is 0 Å².